The van der Waals surface area contributed by atoms with E-state index in [1.54, 1.807) is 24.3 Å². The summed E-state index contributed by atoms with van der Waals surface area (Å²) in [5.74, 6) is -1.26. The second-order valence-electron chi connectivity index (χ2n) is 7.38. The third kappa shape index (κ3) is 8.93. The van der Waals surface area contributed by atoms with Crippen LogP contribution in [0.3, 0.4) is 0 Å². The normalized spacial score (nSPS) is 11.5. The summed E-state index contributed by atoms with van der Waals surface area (Å²) in [6.07, 6.45) is -2.03. The zero-order valence-corrected chi connectivity index (χ0v) is 22.0. The summed E-state index contributed by atoms with van der Waals surface area (Å²) in [6, 6.07) is 15.5. The van der Waals surface area contributed by atoms with Crippen LogP contribution in [0.25, 0.3) is 0 Å². The Morgan fingerprint density at radius 2 is 1.74 bits per heavy atom. The monoisotopic (exact) mass is 564 g/mol. The first-order valence-electron chi connectivity index (χ1n) is 11.3. The Bertz CT molecular complexity index is 1340. The molecule has 6 nitrogen and oxygen atoms in total. The highest BCUT2D eigenvalue weighted by Gasteiger charge is 2.30. The van der Waals surface area contributed by atoms with Crippen LogP contribution in [0, 0.1) is 0 Å². The number of anilines is 2. The van der Waals surface area contributed by atoms with E-state index in [2.05, 4.69) is 15.6 Å². The zero-order valence-electron chi connectivity index (χ0n) is 20.4. The number of amidine groups is 1. The van der Waals surface area contributed by atoms with Crippen molar-refractivity contribution in [3.8, 4) is 0 Å². The van der Waals surface area contributed by atoms with E-state index in [1.807, 2.05) is 13.8 Å². The molecule has 0 bridgehead atoms. The average molecular weight is 565 g/mol. The Morgan fingerprint density at radius 3 is 2.42 bits per heavy atom. The Labute approximate surface area is 228 Å². The van der Waals surface area contributed by atoms with Gasteiger partial charge in [0.05, 0.1) is 16.8 Å². The third-order valence-corrected chi connectivity index (χ3v) is 5.27. The van der Waals surface area contributed by atoms with E-state index < -0.39 is 23.6 Å². The number of amides is 2. The smallest absolute Gasteiger partial charge is 0.384 e. The lowest BCUT2D eigenvalue weighted by Crippen LogP contribution is -2.16. The van der Waals surface area contributed by atoms with E-state index in [9.17, 15) is 22.8 Å². The summed E-state index contributed by atoms with van der Waals surface area (Å²) in [6.45, 7) is 4.00. The summed E-state index contributed by atoms with van der Waals surface area (Å²) < 4.78 is 38.5. The average Bonchev–Trinajstić information content (AvgIpc) is 2.90. The van der Waals surface area contributed by atoms with Crippen LogP contribution in [-0.4, -0.2) is 17.6 Å². The fourth-order valence-corrected chi connectivity index (χ4v) is 3.35. The van der Waals surface area contributed by atoms with Crippen LogP contribution in [0.5, 0.6) is 0 Å². The van der Waals surface area contributed by atoms with Crippen molar-refractivity contribution in [1.29, 1.82) is 0 Å². The molecule has 0 spiro atoms. The summed E-state index contributed by atoms with van der Waals surface area (Å²) in [7, 11) is 0. The molecular formula is C27H25Cl2F3N4O2. The SMILES string of the molecule is CC.NC(/C=C\Nc1cccc(C(F)(F)F)c1)=NC(=O)c1cc(Cl)ccc1NC(=O)c1cccc(CCl)c1. The van der Waals surface area contributed by atoms with Gasteiger partial charge < -0.3 is 16.4 Å². The predicted octanol–water partition coefficient (Wildman–Crippen LogP) is 7.50. The molecule has 0 atom stereocenters. The highest BCUT2D eigenvalue weighted by atomic mass is 35.5. The van der Waals surface area contributed by atoms with Crippen LogP contribution in [-0.2, 0) is 12.1 Å². The predicted molar refractivity (Wildman–Crippen MR) is 147 cm³/mol. The van der Waals surface area contributed by atoms with E-state index in [0.717, 1.165) is 17.7 Å². The number of nitrogens with zero attached hydrogens (tertiary/aromatic N) is 1. The molecule has 0 heterocycles. The van der Waals surface area contributed by atoms with Crippen molar-refractivity contribution >= 4 is 52.2 Å². The quantitative estimate of drug-likeness (QED) is 0.157. The van der Waals surface area contributed by atoms with Gasteiger partial charge in [-0.15, -0.1) is 11.6 Å². The van der Waals surface area contributed by atoms with Crippen LogP contribution >= 0.6 is 23.2 Å². The largest absolute Gasteiger partial charge is 0.416 e. The Morgan fingerprint density at radius 1 is 1.03 bits per heavy atom. The number of nitrogens with one attached hydrogen (secondary N) is 2. The molecule has 0 saturated heterocycles. The number of aliphatic imine (C=N–C) groups is 1. The fraction of sp³-hybridized carbons (Fsp3) is 0.148. The van der Waals surface area contributed by atoms with Gasteiger partial charge in [0, 0.05) is 28.4 Å². The molecule has 200 valence electrons. The molecule has 3 aromatic carbocycles. The second-order valence-corrected chi connectivity index (χ2v) is 8.08. The minimum Gasteiger partial charge on any atom is -0.384 e. The van der Waals surface area contributed by atoms with Crippen LogP contribution in [0.4, 0.5) is 24.5 Å². The van der Waals surface area contributed by atoms with Crippen LogP contribution < -0.4 is 16.4 Å². The van der Waals surface area contributed by atoms with Crippen LogP contribution in [0.15, 0.2) is 84.0 Å². The molecule has 0 aromatic heterocycles. The molecule has 0 aliphatic carbocycles. The summed E-state index contributed by atoms with van der Waals surface area (Å²) >= 11 is 11.8. The molecule has 0 fully saturated rings. The number of benzene rings is 3. The Balaban J connectivity index is 0.00000247. The highest BCUT2D eigenvalue weighted by Crippen LogP contribution is 2.30. The molecule has 38 heavy (non-hydrogen) atoms. The molecule has 0 saturated carbocycles. The van der Waals surface area contributed by atoms with E-state index in [0.29, 0.717) is 5.56 Å². The van der Waals surface area contributed by atoms with Gasteiger partial charge in [0.2, 0.25) is 0 Å². The molecule has 0 aliphatic rings. The number of rotatable bonds is 7. The van der Waals surface area contributed by atoms with Crippen molar-refractivity contribution in [1.82, 2.24) is 0 Å². The van der Waals surface area contributed by atoms with Gasteiger partial charge in [-0.2, -0.15) is 18.2 Å². The second kappa shape index (κ2) is 14.2. The summed E-state index contributed by atoms with van der Waals surface area (Å²) in [4.78, 5) is 29.2. The van der Waals surface area contributed by atoms with Crippen molar-refractivity contribution in [2.24, 2.45) is 10.7 Å². The topological polar surface area (TPSA) is 96.6 Å². The van der Waals surface area contributed by atoms with Crippen LogP contribution in [0.2, 0.25) is 5.02 Å². The molecule has 3 rings (SSSR count). The molecule has 2 amide bonds. The van der Waals surface area contributed by atoms with Gasteiger partial charge in [0.15, 0.2) is 0 Å². The molecule has 0 radical (unpaired) electrons. The Hall–Kier alpha value is -3.82. The number of carbonyl (C=O) groups is 2. The maximum Gasteiger partial charge on any atom is 0.416 e. The van der Waals surface area contributed by atoms with Crippen molar-refractivity contribution in [2.75, 3.05) is 10.6 Å². The van der Waals surface area contributed by atoms with Crippen molar-refractivity contribution in [2.45, 2.75) is 25.9 Å². The first kappa shape index (κ1) is 30.4. The minimum atomic E-state index is -4.48. The lowest BCUT2D eigenvalue weighted by atomic mass is 10.1. The lowest BCUT2D eigenvalue weighted by Gasteiger charge is -2.10. The first-order chi connectivity index (χ1) is 18.1. The van der Waals surface area contributed by atoms with Gasteiger partial charge in [-0.25, -0.2) is 0 Å². The van der Waals surface area contributed by atoms with Crippen molar-refractivity contribution in [3.63, 3.8) is 0 Å². The highest BCUT2D eigenvalue weighted by molar-refractivity contribution is 6.31. The van der Waals surface area contributed by atoms with Gasteiger partial charge in [-0.1, -0.05) is 43.6 Å². The summed E-state index contributed by atoms with van der Waals surface area (Å²) in [5, 5.41) is 5.52. The van der Waals surface area contributed by atoms with E-state index >= 15 is 0 Å². The third-order valence-electron chi connectivity index (χ3n) is 4.73. The van der Waals surface area contributed by atoms with Gasteiger partial charge in [-0.3, -0.25) is 9.59 Å². The van der Waals surface area contributed by atoms with Crippen LogP contribution in [0.1, 0.15) is 45.7 Å². The van der Waals surface area contributed by atoms with Crippen molar-refractivity contribution in [3.05, 3.63) is 106 Å². The van der Waals surface area contributed by atoms with Gasteiger partial charge in [0.25, 0.3) is 11.8 Å². The fourth-order valence-electron chi connectivity index (χ4n) is 3.02. The maximum atomic E-state index is 12.8. The lowest BCUT2D eigenvalue weighted by molar-refractivity contribution is -0.137. The number of alkyl halides is 4. The minimum absolute atomic E-state index is 0.00784. The number of hydrogen-bond acceptors (Lipinski definition) is 3. The van der Waals surface area contributed by atoms with Gasteiger partial charge in [-0.05, 0) is 60.2 Å². The van der Waals surface area contributed by atoms with Crippen molar-refractivity contribution < 1.29 is 22.8 Å². The van der Waals surface area contributed by atoms with E-state index in [-0.39, 0.29) is 33.7 Å². The molecular weight excluding hydrogens is 540 g/mol. The number of carbonyl (C=O) groups excluding carboxylic acids is 2. The van der Waals surface area contributed by atoms with E-state index in [1.165, 1.54) is 42.6 Å². The molecule has 0 aliphatic heterocycles. The number of hydrogen-bond donors (Lipinski definition) is 3. The van der Waals surface area contributed by atoms with Gasteiger partial charge in [0.1, 0.15) is 5.84 Å². The molecule has 3 aromatic rings. The number of halogens is 5. The number of nitrogens with two attached hydrogens (primary N) is 1. The first-order valence-corrected chi connectivity index (χ1v) is 12.2. The van der Waals surface area contributed by atoms with Gasteiger partial charge >= 0.3 is 6.18 Å². The summed E-state index contributed by atoms with van der Waals surface area (Å²) in [5.41, 5.74) is 6.37. The maximum absolute atomic E-state index is 12.8. The molecule has 0 unspecified atom stereocenters. The zero-order chi connectivity index (χ0) is 28.3. The van der Waals surface area contributed by atoms with E-state index in [4.69, 9.17) is 28.9 Å². The Kier molecular flexibility index (Phi) is 11.4. The standard InChI is InChI=1S/C25H19Cl2F3N4O2.C2H6/c26-14-15-3-1-4-16(11-15)23(35)33-21-8-7-18(27)13-20(21)24(36)34-22(31)9-10-32-19-6-2-5-17(12-19)25(28,29)30;1-2/h1-13,32H,14H2,(H,33,35)(H2,31,34,36);1-2H3/b10-9-;. The molecule has 11 heteroatoms. The molecule has 4 N–H and O–H groups in total.